The van der Waals surface area contributed by atoms with Gasteiger partial charge >= 0.3 is 0 Å². The number of hydrogen-bond donors (Lipinski definition) is 1. The molecule has 0 saturated carbocycles. The summed E-state index contributed by atoms with van der Waals surface area (Å²) < 4.78 is 0. The first-order valence-electron chi connectivity index (χ1n) is 3.82. The minimum absolute atomic E-state index is 0.289. The Morgan fingerprint density at radius 1 is 1.50 bits per heavy atom. The highest BCUT2D eigenvalue weighted by atomic mass is 14.6. The van der Waals surface area contributed by atoms with Crippen LogP contribution in [0.2, 0.25) is 0 Å². The highest BCUT2D eigenvalue weighted by Gasteiger charge is 2.13. The van der Waals surface area contributed by atoms with Gasteiger partial charge in [-0.2, -0.15) is 0 Å². The molecule has 0 saturated heterocycles. The molecule has 2 N–H and O–H groups in total. The summed E-state index contributed by atoms with van der Waals surface area (Å²) in [5.41, 5.74) is 6.15. The zero-order valence-electron chi connectivity index (χ0n) is 7.35. The van der Waals surface area contributed by atoms with Crippen LogP contribution in [0.15, 0.2) is 12.7 Å². The first-order valence-corrected chi connectivity index (χ1v) is 3.82. The van der Waals surface area contributed by atoms with Gasteiger partial charge in [0.1, 0.15) is 0 Å². The van der Waals surface area contributed by atoms with Gasteiger partial charge in [-0.1, -0.05) is 26.8 Å². The van der Waals surface area contributed by atoms with E-state index in [0.717, 1.165) is 12.8 Å². The van der Waals surface area contributed by atoms with Crippen LogP contribution in [0.1, 0.15) is 33.6 Å². The van der Waals surface area contributed by atoms with E-state index in [1.54, 1.807) is 0 Å². The van der Waals surface area contributed by atoms with Gasteiger partial charge in [0.25, 0.3) is 0 Å². The van der Waals surface area contributed by atoms with Crippen molar-refractivity contribution in [2.24, 2.45) is 11.1 Å². The van der Waals surface area contributed by atoms with Crippen LogP contribution in [0.5, 0.6) is 0 Å². The third kappa shape index (κ3) is 5.83. The Bertz CT molecular complexity index is 99.8. The minimum Gasteiger partial charge on any atom is -0.327 e. The molecule has 0 aromatic rings. The molecule has 0 rings (SSSR count). The summed E-state index contributed by atoms with van der Waals surface area (Å²) in [6.07, 6.45) is 3.88. The number of hydrogen-bond acceptors (Lipinski definition) is 1. The van der Waals surface area contributed by atoms with Crippen LogP contribution in [0.25, 0.3) is 0 Å². The Morgan fingerprint density at radius 3 is 2.30 bits per heavy atom. The first kappa shape index (κ1) is 9.70. The number of rotatable bonds is 3. The second kappa shape index (κ2) is 3.77. The molecule has 0 aliphatic carbocycles. The number of nitrogens with two attached hydrogens (primary N) is 1. The lowest BCUT2D eigenvalue weighted by Crippen LogP contribution is -2.25. The molecule has 1 nitrogen and oxygen atoms in total. The fourth-order valence-corrected chi connectivity index (χ4v) is 1.08. The predicted molar refractivity (Wildman–Crippen MR) is 46.9 cm³/mol. The maximum absolute atomic E-state index is 5.80. The van der Waals surface area contributed by atoms with Gasteiger partial charge < -0.3 is 5.73 Å². The van der Waals surface area contributed by atoms with Gasteiger partial charge in [0, 0.05) is 6.04 Å². The second-order valence-electron chi connectivity index (χ2n) is 4.05. The third-order valence-electron chi connectivity index (χ3n) is 1.34. The molecule has 0 bridgehead atoms. The van der Waals surface area contributed by atoms with Crippen LogP contribution in [-0.4, -0.2) is 6.04 Å². The largest absolute Gasteiger partial charge is 0.327 e. The smallest absolute Gasteiger partial charge is 0.00782 e. The Kier molecular flexibility index (Phi) is 3.66. The average Bonchev–Trinajstić information content (AvgIpc) is 1.59. The Labute approximate surface area is 64.3 Å². The molecule has 0 heterocycles. The van der Waals surface area contributed by atoms with Gasteiger partial charge in [-0.05, 0) is 18.3 Å². The van der Waals surface area contributed by atoms with Gasteiger partial charge in [0.15, 0.2) is 0 Å². The van der Waals surface area contributed by atoms with Crippen LogP contribution in [0.3, 0.4) is 0 Å². The van der Waals surface area contributed by atoms with E-state index in [2.05, 4.69) is 27.4 Å². The van der Waals surface area contributed by atoms with Crippen molar-refractivity contribution in [3.8, 4) is 0 Å². The molecule has 0 spiro atoms. The zero-order valence-corrected chi connectivity index (χ0v) is 7.35. The fourth-order valence-electron chi connectivity index (χ4n) is 1.08. The minimum atomic E-state index is 0.289. The quantitative estimate of drug-likeness (QED) is 0.600. The van der Waals surface area contributed by atoms with E-state index in [1.165, 1.54) is 0 Å². The van der Waals surface area contributed by atoms with Crippen LogP contribution in [-0.2, 0) is 0 Å². The maximum Gasteiger partial charge on any atom is 0.00782 e. The molecule has 1 unspecified atom stereocenters. The summed E-state index contributed by atoms with van der Waals surface area (Å²) in [7, 11) is 0. The molecular weight excluding hydrogens is 122 g/mol. The van der Waals surface area contributed by atoms with Crippen molar-refractivity contribution in [3.63, 3.8) is 0 Å². The average molecular weight is 141 g/mol. The van der Waals surface area contributed by atoms with Gasteiger partial charge in [-0.15, -0.1) is 6.58 Å². The lowest BCUT2D eigenvalue weighted by atomic mass is 9.87. The summed E-state index contributed by atoms with van der Waals surface area (Å²) in [5.74, 6) is 0. The van der Waals surface area contributed by atoms with E-state index >= 15 is 0 Å². The maximum atomic E-state index is 5.80. The molecule has 60 valence electrons. The van der Waals surface area contributed by atoms with E-state index in [0.29, 0.717) is 5.41 Å². The molecule has 0 radical (unpaired) electrons. The molecule has 0 aromatic heterocycles. The Balaban J connectivity index is 3.56. The summed E-state index contributed by atoms with van der Waals surface area (Å²) in [6.45, 7) is 10.3. The van der Waals surface area contributed by atoms with Gasteiger partial charge in [-0.3, -0.25) is 0 Å². The van der Waals surface area contributed by atoms with Crippen molar-refractivity contribution in [2.75, 3.05) is 0 Å². The van der Waals surface area contributed by atoms with Crippen molar-refractivity contribution >= 4 is 0 Å². The van der Waals surface area contributed by atoms with Crippen LogP contribution in [0.4, 0.5) is 0 Å². The monoisotopic (exact) mass is 141 g/mol. The van der Waals surface area contributed by atoms with Crippen molar-refractivity contribution < 1.29 is 0 Å². The summed E-state index contributed by atoms with van der Waals surface area (Å²) >= 11 is 0. The van der Waals surface area contributed by atoms with Crippen LogP contribution >= 0.6 is 0 Å². The standard InChI is InChI=1S/C9H19N/c1-5-6-8(10)7-9(2,3)4/h5,8H,1,6-7,10H2,2-4H3. The van der Waals surface area contributed by atoms with Crippen molar-refractivity contribution in [1.29, 1.82) is 0 Å². The SMILES string of the molecule is C=CCC(N)CC(C)(C)C. The normalized spacial score (nSPS) is 14.8. The first-order chi connectivity index (χ1) is 4.45. The molecule has 0 aliphatic heterocycles. The third-order valence-corrected chi connectivity index (χ3v) is 1.34. The lowest BCUT2D eigenvalue weighted by Gasteiger charge is -2.21. The van der Waals surface area contributed by atoms with E-state index in [9.17, 15) is 0 Å². The molecule has 10 heavy (non-hydrogen) atoms. The van der Waals surface area contributed by atoms with E-state index in [-0.39, 0.29) is 6.04 Å². The summed E-state index contributed by atoms with van der Waals surface area (Å²) in [4.78, 5) is 0. The predicted octanol–water partition coefficient (Wildman–Crippen LogP) is 2.33. The lowest BCUT2D eigenvalue weighted by molar-refractivity contribution is 0.340. The molecule has 1 heteroatoms. The topological polar surface area (TPSA) is 26.0 Å². The molecule has 0 fully saturated rings. The van der Waals surface area contributed by atoms with Crippen LogP contribution in [0, 0.1) is 5.41 Å². The van der Waals surface area contributed by atoms with E-state index < -0.39 is 0 Å². The van der Waals surface area contributed by atoms with Gasteiger partial charge in [0.05, 0.1) is 0 Å². The van der Waals surface area contributed by atoms with E-state index in [4.69, 9.17) is 5.73 Å². The van der Waals surface area contributed by atoms with Crippen LogP contribution < -0.4 is 5.73 Å². The highest BCUT2D eigenvalue weighted by molar-refractivity contribution is 4.79. The van der Waals surface area contributed by atoms with Crippen molar-refractivity contribution in [1.82, 2.24) is 0 Å². The molecule has 1 atom stereocenters. The molecular formula is C9H19N. The summed E-state index contributed by atoms with van der Waals surface area (Å²) in [5, 5.41) is 0. The Hall–Kier alpha value is -0.300. The summed E-state index contributed by atoms with van der Waals surface area (Å²) in [6, 6.07) is 0.289. The zero-order chi connectivity index (χ0) is 8.20. The molecule has 0 aromatic carbocycles. The fraction of sp³-hybridized carbons (Fsp3) is 0.778. The Morgan fingerprint density at radius 2 is 2.00 bits per heavy atom. The van der Waals surface area contributed by atoms with Crippen molar-refractivity contribution in [2.45, 2.75) is 39.7 Å². The molecule has 0 amide bonds. The van der Waals surface area contributed by atoms with E-state index in [1.807, 2.05) is 6.08 Å². The van der Waals surface area contributed by atoms with Gasteiger partial charge in [-0.25, -0.2) is 0 Å². The van der Waals surface area contributed by atoms with Crippen molar-refractivity contribution in [3.05, 3.63) is 12.7 Å². The highest BCUT2D eigenvalue weighted by Crippen LogP contribution is 2.20. The molecule has 0 aliphatic rings. The van der Waals surface area contributed by atoms with Gasteiger partial charge in [0.2, 0.25) is 0 Å². The second-order valence-corrected chi connectivity index (χ2v) is 4.05.